The van der Waals surface area contributed by atoms with Crippen molar-refractivity contribution in [3.63, 3.8) is 0 Å². The highest BCUT2D eigenvalue weighted by Gasteiger charge is 2.44. The number of rotatable bonds is 5. The molecule has 1 aliphatic carbocycles. The van der Waals surface area contributed by atoms with Gasteiger partial charge in [-0.15, -0.1) is 11.3 Å². The molecule has 1 aromatic rings. The minimum absolute atomic E-state index is 0.0694. The fourth-order valence-corrected chi connectivity index (χ4v) is 4.34. The molecule has 2 saturated heterocycles. The van der Waals surface area contributed by atoms with Crippen LogP contribution in [0.1, 0.15) is 24.3 Å². The maximum Gasteiger partial charge on any atom is 0.224 e. The molecule has 1 aromatic heterocycles. The van der Waals surface area contributed by atoms with Gasteiger partial charge in [-0.25, -0.2) is 4.98 Å². The van der Waals surface area contributed by atoms with Crippen LogP contribution in [0.5, 0.6) is 0 Å². The Hall–Kier alpha value is -0.980. The molecule has 0 bridgehead atoms. The van der Waals surface area contributed by atoms with E-state index in [4.69, 9.17) is 4.74 Å². The molecule has 4 rings (SSSR count). The van der Waals surface area contributed by atoms with Gasteiger partial charge in [-0.2, -0.15) is 0 Å². The van der Waals surface area contributed by atoms with Crippen LogP contribution in [0.3, 0.4) is 0 Å². The van der Waals surface area contributed by atoms with Gasteiger partial charge in [-0.05, 0) is 25.2 Å². The maximum atomic E-state index is 12.6. The first-order valence-electron chi connectivity index (χ1n) is 8.29. The second-order valence-corrected chi connectivity index (χ2v) is 7.76. The molecular weight excluding hydrogens is 298 g/mol. The fourth-order valence-electron chi connectivity index (χ4n) is 3.68. The Morgan fingerprint density at radius 2 is 2.32 bits per heavy atom. The van der Waals surface area contributed by atoms with E-state index in [2.05, 4.69) is 15.2 Å². The summed E-state index contributed by atoms with van der Waals surface area (Å²) in [5.74, 6) is 1.43. The van der Waals surface area contributed by atoms with Crippen molar-refractivity contribution in [2.45, 2.75) is 31.9 Å². The summed E-state index contributed by atoms with van der Waals surface area (Å²) in [4.78, 5) is 19.3. The minimum Gasteiger partial charge on any atom is -0.377 e. The summed E-state index contributed by atoms with van der Waals surface area (Å²) in [7, 11) is 0. The number of carbonyl (C=O) groups is 1. The fraction of sp³-hybridized carbons (Fsp3) is 0.750. The molecule has 0 aromatic carbocycles. The second-order valence-electron chi connectivity index (χ2n) is 6.78. The molecule has 3 fully saturated rings. The molecule has 3 atom stereocenters. The third-order valence-electron chi connectivity index (χ3n) is 5.11. The van der Waals surface area contributed by atoms with Gasteiger partial charge < -0.3 is 10.1 Å². The Morgan fingerprint density at radius 3 is 3.09 bits per heavy atom. The van der Waals surface area contributed by atoms with Crippen LogP contribution in [0.25, 0.3) is 0 Å². The maximum absolute atomic E-state index is 12.6. The largest absolute Gasteiger partial charge is 0.377 e. The number of thiazole rings is 1. The average Bonchev–Trinajstić information content (AvgIpc) is 2.98. The number of likely N-dealkylation sites (tertiary alicyclic amines) is 1. The van der Waals surface area contributed by atoms with Crippen molar-refractivity contribution in [3.05, 3.63) is 16.6 Å². The predicted octanol–water partition coefficient (Wildman–Crippen LogP) is 1.51. The molecule has 1 amide bonds. The summed E-state index contributed by atoms with van der Waals surface area (Å²) < 4.78 is 5.89. The first kappa shape index (κ1) is 14.6. The zero-order chi connectivity index (χ0) is 14.9. The SMILES string of the molecule is O=C(NCC1CC1)[C@@H]1CN(Cc2nccs2)C[C@H]2OCC[C@H]21. The lowest BCUT2D eigenvalue weighted by Crippen LogP contribution is -2.52. The Morgan fingerprint density at radius 1 is 1.41 bits per heavy atom. The van der Waals surface area contributed by atoms with Gasteiger partial charge in [-0.3, -0.25) is 9.69 Å². The van der Waals surface area contributed by atoms with Crippen molar-refractivity contribution in [2.75, 3.05) is 26.2 Å². The van der Waals surface area contributed by atoms with Crippen LogP contribution in [0.15, 0.2) is 11.6 Å². The Kier molecular flexibility index (Phi) is 4.15. The van der Waals surface area contributed by atoms with Crippen LogP contribution >= 0.6 is 11.3 Å². The van der Waals surface area contributed by atoms with Crippen molar-refractivity contribution < 1.29 is 9.53 Å². The average molecular weight is 321 g/mol. The van der Waals surface area contributed by atoms with E-state index in [0.717, 1.165) is 50.1 Å². The zero-order valence-corrected chi connectivity index (χ0v) is 13.6. The normalized spacial score (nSPS) is 31.9. The number of ether oxygens (including phenoxy) is 1. The number of aromatic nitrogens is 1. The quantitative estimate of drug-likeness (QED) is 0.893. The van der Waals surface area contributed by atoms with Gasteiger partial charge in [0.15, 0.2) is 0 Å². The number of hydrogen-bond acceptors (Lipinski definition) is 5. The molecule has 0 unspecified atom stereocenters. The third-order valence-corrected chi connectivity index (χ3v) is 5.88. The van der Waals surface area contributed by atoms with Gasteiger partial charge in [0.1, 0.15) is 5.01 Å². The second kappa shape index (κ2) is 6.26. The van der Waals surface area contributed by atoms with E-state index in [1.54, 1.807) is 11.3 Å². The molecule has 3 heterocycles. The van der Waals surface area contributed by atoms with Gasteiger partial charge in [0.25, 0.3) is 0 Å². The lowest BCUT2D eigenvalue weighted by Gasteiger charge is -2.39. The van der Waals surface area contributed by atoms with Crippen LogP contribution in [-0.4, -0.2) is 48.1 Å². The number of nitrogens with one attached hydrogen (secondary N) is 1. The van der Waals surface area contributed by atoms with Crippen molar-refractivity contribution in [2.24, 2.45) is 17.8 Å². The van der Waals surface area contributed by atoms with Crippen LogP contribution in [0, 0.1) is 17.8 Å². The predicted molar refractivity (Wildman–Crippen MR) is 84.5 cm³/mol. The molecule has 0 radical (unpaired) electrons. The third kappa shape index (κ3) is 3.19. The molecular formula is C16H23N3O2S. The Balaban J connectivity index is 1.41. The van der Waals surface area contributed by atoms with Crippen LogP contribution in [0.4, 0.5) is 0 Å². The van der Waals surface area contributed by atoms with Gasteiger partial charge in [0.05, 0.1) is 18.6 Å². The molecule has 5 nitrogen and oxygen atoms in total. The topological polar surface area (TPSA) is 54.5 Å². The van der Waals surface area contributed by atoms with E-state index < -0.39 is 0 Å². The lowest BCUT2D eigenvalue weighted by molar-refractivity contribution is -0.131. The van der Waals surface area contributed by atoms with Gasteiger partial charge >= 0.3 is 0 Å². The van der Waals surface area contributed by atoms with Crippen LogP contribution in [-0.2, 0) is 16.1 Å². The Labute approximate surface area is 135 Å². The summed E-state index contributed by atoms with van der Waals surface area (Å²) in [6.45, 7) is 4.25. The number of amides is 1. The van der Waals surface area contributed by atoms with Crippen molar-refractivity contribution in [3.8, 4) is 0 Å². The molecule has 120 valence electrons. The zero-order valence-electron chi connectivity index (χ0n) is 12.7. The number of fused-ring (bicyclic) bond motifs is 1. The number of piperidine rings is 1. The van der Waals surface area contributed by atoms with Gasteiger partial charge in [-0.1, -0.05) is 0 Å². The van der Waals surface area contributed by atoms with Gasteiger partial charge in [0, 0.05) is 43.7 Å². The number of carbonyl (C=O) groups excluding carboxylic acids is 1. The Bertz CT molecular complexity index is 517. The highest BCUT2D eigenvalue weighted by atomic mass is 32.1. The molecule has 0 spiro atoms. The molecule has 1 saturated carbocycles. The molecule has 2 aliphatic heterocycles. The first-order chi connectivity index (χ1) is 10.8. The standard InChI is InChI=1S/C16H23N3O2S/c20-16(18-7-11-1-2-11)13-8-19(10-15-17-4-6-22-15)9-14-12(13)3-5-21-14/h4,6,11-14H,1-3,5,7-10H2,(H,18,20)/t12-,13+,14+/m0/s1. The first-order valence-corrected chi connectivity index (χ1v) is 9.17. The lowest BCUT2D eigenvalue weighted by atomic mass is 9.82. The summed E-state index contributed by atoms with van der Waals surface area (Å²) in [6, 6.07) is 0. The van der Waals surface area contributed by atoms with E-state index in [1.807, 2.05) is 11.6 Å². The monoisotopic (exact) mass is 321 g/mol. The molecule has 6 heteroatoms. The summed E-state index contributed by atoms with van der Waals surface area (Å²) in [5.41, 5.74) is 0. The number of nitrogens with zero attached hydrogens (tertiary/aromatic N) is 2. The summed E-state index contributed by atoms with van der Waals surface area (Å²) >= 11 is 1.68. The highest BCUT2D eigenvalue weighted by molar-refractivity contribution is 7.09. The van der Waals surface area contributed by atoms with E-state index >= 15 is 0 Å². The van der Waals surface area contributed by atoms with Crippen molar-refractivity contribution in [1.82, 2.24) is 15.2 Å². The molecule has 3 aliphatic rings. The summed E-state index contributed by atoms with van der Waals surface area (Å²) in [6.07, 6.45) is 5.63. The minimum atomic E-state index is 0.0694. The van der Waals surface area contributed by atoms with Gasteiger partial charge in [0.2, 0.25) is 5.91 Å². The van der Waals surface area contributed by atoms with E-state index in [1.165, 1.54) is 12.8 Å². The smallest absolute Gasteiger partial charge is 0.224 e. The van der Waals surface area contributed by atoms with E-state index in [0.29, 0.717) is 5.92 Å². The molecule has 22 heavy (non-hydrogen) atoms. The van der Waals surface area contributed by atoms with E-state index in [-0.39, 0.29) is 17.9 Å². The number of hydrogen-bond donors (Lipinski definition) is 1. The van der Waals surface area contributed by atoms with E-state index in [9.17, 15) is 4.79 Å². The van der Waals surface area contributed by atoms with Crippen molar-refractivity contribution in [1.29, 1.82) is 0 Å². The highest BCUT2D eigenvalue weighted by Crippen LogP contribution is 2.35. The van der Waals surface area contributed by atoms with Crippen LogP contribution < -0.4 is 5.32 Å². The summed E-state index contributed by atoms with van der Waals surface area (Å²) in [5, 5.41) is 6.30. The molecule has 1 N–H and O–H groups in total. The van der Waals surface area contributed by atoms with Crippen LogP contribution in [0.2, 0.25) is 0 Å². The van der Waals surface area contributed by atoms with Crippen molar-refractivity contribution >= 4 is 17.2 Å².